The maximum Gasteiger partial charge on any atom is 0.433 e. The third-order valence-electron chi connectivity index (χ3n) is 6.30. The molecular formula is C28H17ClF4N6O. The van der Waals surface area contributed by atoms with Gasteiger partial charge >= 0.3 is 6.18 Å². The van der Waals surface area contributed by atoms with Gasteiger partial charge in [0.05, 0.1) is 18.4 Å². The van der Waals surface area contributed by atoms with Gasteiger partial charge in [0, 0.05) is 22.8 Å². The summed E-state index contributed by atoms with van der Waals surface area (Å²) in [6.45, 7) is 0.205. The molecule has 0 radical (unpaired) electrons. The minimum Gasteiger partial charge on any atom is -0.305 e. The molecule has 0 saturated carbocycles. The van der Waals surface area contributed by atoms with Crippen LogP contribution >= 0.6 is 11.6 Å². The Morgan fingerprint density at radius 3 is 2.60 bits per heavy atom. The monoisotopic (exact) mass is 564 g/mol. The molecule has 3 heterocycles. The van der Waals surface area contributed by atoms with Crippen molar-refractivity contribution in [3.8, 4) is 11.3 Å². The van der Waals surface area contributed by atoms with E-state index in [-0.39, 0.29) is 34.3 Å². The van der Waals surface area contributed by atoms with Gasteiger partial charge in [-0.2, -0.15) is 23.4 Å². The predicted octanol–water partition coefficient (Wildman–Crippen LogP) is 6.86. The zero-order valence-corrected chi connectivity index (χ0v) is 21.1. The zero-order chi connectivity index (χ0) is 28.0. The van der Waals surface area contributed by atoms with Crippen LogP contribution in [0.1, 0.15) is 21.6 Å². The Labute approximate surface area is 228 Å². The number of rotatable bonds is 5. The Hall–Kier alpha value is -4.77. The maximum atomic E-state index is 14.1. The summed E-state index contributed by atoms with van der Waals surface area (Å²) in [5, 5.41) is 12.4. The minimum atomic E-state index is -4.76. The number of anilines is 1. The first kappa shape index (κ1) is 25.5. The molecule has 0 saturated heterocycles. The minimum absolute atomic E-state index is 0.0478. The van der Waals surface area contributed by atoms with Crippen LogP contribution in [-0.4, -0.2) is 30.3 Å². The predicted molar refractivity (Wildman–Crippen MR) is 142 cm³/mol. The van der Waals surface area contributed by atoms with E-state index in [9.17, 15) is 22.4 Å². The summed E-state index contributed by atoms with van der Waals surface area (Å²) in [5.41, 5.74) is -0.351. The molecule has 200 valence electrons. The average Bonchev–Trinajstić information content (AvgIpc) is 3.55. The Morgan fingerprint density at radius 1 is 1.00 bits per heavy atom. The van der Waals surface area contributed by atoms with E-state index in [4.69, 9.17) is 11.6 Å². The highest BCUT2D eigenvalue weighted by Gasteiger charge is 2.36. The van der Waals surface area contributed by atoms with Crippen molar-refractivity contribution in [2.75, 3.05) is 5.32 Å². The van der Waals surface area contributed by atoms with Crippen LogP contribution in [0, 0.1) is 5.82 Å². The molecule has 0 bridgehead atoms. The molecule has 0 spiro atoms. The first-order valence-corrected chi connectivity index (χ1v) is 12.3. The van der Waals surface area contributed by atoms with Gasteiger partial charge < -0.3 is 5.32 Å². The van der Waals surface area contributed by atoms with Crippen molar-refractivity contribution in [3.63, 3.8) is 0 Å². The van der Waals surface area contributed by atoms with Gasteiger partial charge in [-0.3, -0.25) is 9.48 Å². The van der Waals surface area contributed by atoms with E-state index in [0.29, 0.717) is 21.0 Å². The molecule has 0 aliphatic heterocycles. The number of amides is 1. The first-order valence-electron chi connectivity index (χ1n) is 11.9. The Balaban J connectivity index is 1.36. The fourth-order valence-electron chi connectivity index (χ4n) is 4.44. The number of halogens is 5. The number of benzene rings is 3. The van der Waals surface area contributed by atoms with Crippen molar-refractivity contribution in [3.05, 3.63) is 113 Å². The van der Waals surface area contributed by atoms with Gasteiger partial charge in [-0.25, -0.2) is 13.9 Å². The summed E-state index contributed by atoms with van der Waals surface area (Å²) >= 11 is 6.08. The van der Waals surface area contributed by atoms with Crippen LogP contribution in [0.2, 0.25) is 5.02 Å². The highest BCUT2D eigenvalue weighted by molar-refractivity contribution is 6.31. The van der Waals surface area contributed by atoms with E-state index >= 15 is 0 Å². The van der Waals surface area contributed by atoms with Gasteiger partial charge in [-0.1, -0.05) is 60.1 Å². The Kier molecular flexibility index (Phi) is 6.22. The molecule has 0 aliphatic carbocycles. The standard InChI is InChI=1S/C28H17ClF4N6O/c29-22-12-18(30)9-8-17(22)15-38-11-10-25(37-38)36-27(40)21-14-34-39-24(28(31,32)33)13-23(35-26(21)39)20-7-3-5-16-4-1-2-6-19(16)20/h1-14H,15H2,(H,36,37,40). The van der Waals surface area contributed by atoms with Crippen LogP contribution in [0.15, 0.2) is 85.2 Å². The Morgan fingerprint density at radius 2 is 1.80 bits per heavy atom. The molecule has 6 rings (SSSR count). The largest absolute Gasteiger partial charge is 0.433 e. The summed E-state index contributed by atoms with van der Waals surface area (Å²) in [7, 11) is 0. The fourth-order valence-corrected chi connectivity index (χ4v) is 4.66. The van der Waals surface area contributed by atoms with Crippen molar-refractivity contribution in [1.29, 1.82) is 0 Å². The lowest BCUT2D eigenvalue weighted by atomic mass is 10.0. The first-order chi connectivity index (χ1) is 19.2. The summed E-state index contributed by atoms with van der Waals surface area (Å²) in [6, 6.07) is 18.9. The fraction of sp³-hybridized carbons (Fsp3) is 0.0714. The lowest BCUT2D eigenvalue weighted by molar-refractivity contribution is -0.142. The molecule has 7 nitrogen and oxygen atoms in total. The number of aromatic nitrogens is 5. The van der Waals surface area contributed by atoms with Gasteiger partial charge in [0.2, 0.25) is 0 Å². The normalized spacial score (nSPS) is 11.8. The second-order valence-corrected chi connectivity index (χ2v) is 9.34. The molecule has 6 aromatic rings. The SMILES string of the molecule is O=C(Nc1ccn(Cc2ccc(F)cc2Cl)n1)c1cnn2c(C(F)(F)F)cc(-c3cccc4ccccc34)nc12. The molecule has 0 fully saturated rings. The molecule has 0 aliphatic rings. The maximum absolute atomic E-state index is 14.1. The van der Waals surface area contributed by atoms with Crippen molar-refractivity contribution in [2.24, 2.45) is 0 Å². The summed E-state index contributed by atoms with van der Waals surface area (Å²) in [4.78, 5) is 17.6. The van der Waals surface area contributed by atoms with Crippen molar-refractivity contribution < 1.29 is 22.4 Å². The molecule has 12 heteroatoms. The average molecular weight is 565 g/mol. The van der Waals surface area contributed by atoms with Crippen LogP contribution in [0.5, 0.6) is 0 Å². The van der Waals surface area contributed by atoms with Crippen molar-refractivity contribution in [1.82, 2.24) is 24.4 Å². The summed E-state index contributed by atoms with van der Waals surface area (Å²) in [6.07, 6.45) is -2.15. The second-order valence-electron chi connectivity index (χ2n) is 8.93. The third kappa shape index (κ3) is 4.75. The highest BCUT2D eigenvalue weighted by atomic mass is 35.5. The quantitative estimate of drug-likeness (QED) is 0.232. The second kappa shape index (κ2) is 9.76. The Bertz CT molecular complexity index is 1910. The zero-order valence-electron chi connectivity index (χ0n) is 20.3. The molecule has 3 aromatic carbocycles. The number of alkyl halides is 3. The molecule has 0 atom stereocenters. The number of fused-ring (bicyclic) bond motifs is 2. The van der Waals surface area contributed by atoms with Crippen LogP contribution in [-0.2, 0) is 12.7 Å². The topological polar surface area (TPSA) is 77.1 Å². The number of hydrogen-bond donors (Lipinski definition) is 1. The molecule has 40 heavy (non-hydrogen) atoms. The van der Waals surface area contributed by atoms with Crippen LogP contribution in [0.3, 0.4) is 0 Å². The number of carbonyl (C=O) groups is 1. The lowest BCUT2D eigenvalue weighted by Crippen LogP contribution is -2.16. The van der Waals surface area contributed by atoms with Crippen molar-refractivity contribution >= 4 is 39.7 Å². The van der Waals surface area contributed by atoms with E-state index in [1.165, 1.54) is 28.9 Å². The van der Waals surface area contributed by atoms with Gasteiger partial charge in [-0.05, 0) is 34.5 Å². The summed E-state index contributed by atoms with van der Waals surface area (Å²) in [5.74, 6) is -1.07. The molecule has 1 amide bonds. The smallest absolute Gasteiger partial charge is 0.305 e. The number of nitrogens with zero attached hydrogens (tertiary/aromatic N) is 5. The molecule has 3 aromatic heterocycles. The van der Waals surface area contributed by atoms with E-state index in [1.807, 2.05) is 18.2 Å². The molecule has 0 unspecified atom stereocenters. The highest BCUT2D eigenvalue weighted by Crippen LogP contribution is 2.35. The lowest BCUT2D eigenvalue weighted by Gasteiger charge is -2.13. The van der Waals surface area contributed by atoms with Gasteiger partial charge in [0.1, 0.15) is 11.4 Å². The van der Waals surface area contributed by atoms with E-state index < -0.39 is 23.6 Å². The molecule has 1 N–H and O–H groups in total. The van der Waals surface area contributed by atoms with Crippen LogP contribution < -0.4 is 5.32 Å². The van der Waals surface area contributed by atoms with Crippen LogP contribution in [0.4, 0.5) is 23.4 Å². The number of hydrogen-bond acceptors (Lipinski definition) is 4. The van der Waals surface area contributed by atoms with Crippen LogP contribution in [0.25, 0.3) is 27.7 Å². The van der Waals surface area contributed by atoms with Gasteiger partial charge in [-0.15, -0.1) is 0 Å². The third-order valence-corrected chi connectivity index (χ3v) is 6.65. The van der Waals surface area contributed by atoms with Gasteiger partial charge in [0.15, 0.2) is 17.2 Å². The molecular weight excluding hydrogens is 548 g/mol. The number of carbonyl (C=O) groups excluding carboxylic acids is 1. The number of nitrogens with one attached hydrogen (secondary N) is 1. The van der Waals surface area contributed by atoms with Crippen molar-refractivity contribution in [2.45, 2.75) is 12.7 Å². The summed E-state index contributed by atoms with van der Waals surface area (Å²) < 4.78 is 57.7. The van der Waals surface area contributed by atoms with Gasteiger partial charge in [0.25, 0.3) is 5.91 Å². The van der Waals surface area contributed by atoms with E-state index in [1.54, 1.807) is 30.5 Å². The van der Waals surface area contributed by atoms with E-state index in [2.05, 4.69) is 20.5 Å². The van der Waals surface area contributed by atoms with E-state index in [0.717, 1.165) is 17.6 Å².